The summed E-state index contributed by atoms with van der Waals surface area (Å²) >= 11 is 2.90. The van der Waals surface area contributed by atoms with Crippen molar-refractivity contribution in [1.29, 1.82) is 0 Å². The van der Waals surface area contributed by atoms with Crippen LogP contribution in [0.3, 0.4) is 0 Å². The van der Waals surface area contributed by atoms with Crippen molar-refractivity contribution in [2.45, 2.75) is 11.8 Å². The van der Waals surface area contributed by atoms with E-state index < -0.39 is 20.7 Å². The maximum absolute atomic E-state index is 13.8. The summed E-state index contributed by atoms with van der Waals surface area (Å²) in [5.74, 6) is -0.538. The second kappa shape index (κ2) is 4.82. The standard InChI is InChI=1S/C10H9BrFN3O3S/c1-5-2-9(14-18-5)15-19(16,17)8-4-6(13)3-7(11)10(8)12/h2-4H,13H2,1H3,(H,14,15). The summed E-state index contributed by atoms with van der Waals surface area (Å²) in [6.45, 7) is 1.60. The molecule has 2 aromatic rings. The molecule has 6 nitrogen and oxygen atoms in total. The predicted molar refractivity (Wildman–Crippen MR) is 70.6 cm³/mol. The van der Waals surface area contributed by atoms with E-state index in [9.17, 15) is 12.8 Å². The van der Waals surface area contributed by atoms with Crippen LogP contribution in [0.5, 0.6) is 0 Å². The first-order chi connectivity index (χ1) is 8.79. The molecule has 0 fully saturated rings. The lowest BCUT2D eigenvalue weighted by Crippen LogP contribution is -2.15. The van der Waals surface area contributed by atoms with Gasteiger partial charge in [-0.05, 0) is 35.0 Å². The Morgan fingerprint density at radius 3 is 2.68 bits per heavy atom. The summed E-state index contributed by atoms with van der Waals surface area (Å²) in [5.41, 5.74) is 5.62. The van der Waals surface area contributed by atoms with Gasteiger partial charge in [0.15, 0.2) is 11.6 Å². The molecular formula is C10H9BrFN3O3S. The molecule has 0 amide bonds. The summed E-state index contributed by atoms with van der Waals surface area (Å²) in [6.07, 6.45) is 0. The number of sulfonamides is 1. The maximum Gasteiger partial charge on any atom is 0.266 e. The molecule has 102 valence electrons. The van der Waals surface area contributed by atoms with E-state index in [1.165, 1.54) is 12.1 Å². The minimum Gasteiger partial charge on any atom is -0.399 e. The molecule has 0 unspecified atom stereocenters. The second-order valence-electron chi connectivity index (χ2n) is 3.74. The Morgan fingerprint density at radius 1 is 1.42 bits per heavy atom. The molecule has 3 N–H and O–H groups in total. The Kier molecular flexibility index (Phi) is 3.50. The van der Waals surface area contributed by atoms with Crippen LogP contribution in [0.1, 0.15) is 5.76 Å². The Morgan fingerprint density at radius 2 is 2.11 bits per heavy atom. The first-order valence-corrected chi connectivity index (χ1v) is 7.28. The van der Waals surface area contributed by atoms with Gasteiger partial charge in [-0.3, -0.25) is 4.72 Å². The number of benzene rings is 1. The molecule has 1 heterocycles. The Hall–Kier alpha value is -1.61. The number of anilines is 2. The van der Waals surface area contributed by atoms with Gasteiger partial charge in [0.1, 0.15) is 10.7 Å². The normalized spacial score (nSPS) is 11.5. The van der Waals surface area contributed by atoms with Crippen LogP contribution in [0.15, 0.2) is 32.1 Å². The molecule has 0 saturated heterocycles. The first-order valence-electron chi connectivity index (χ1n) is 5.00. The minimum atomic E-state index is -4.13. The van der Waals surface area contributed by atoms with Gasteiger partial charge in [-0.2, -0.15) is 0 Å². The number of nitrogens with one attached hydrogen (secondary N) is 1. The van der Waals surface area contributed by atoms with Gasteiger partial charge < -0.3 is 10.3 Å². The quantitative estimate of drug-likeness (QED) is 0.828. The topological polar surface area (TPSA) is 98.2 Å². The van der Waals surface area contributed by atoms with Crippen molar-refractivity contribution in [1.82, 2.24) is 5.16 Å². The van der Waals surface area contributed by atoms with Crippen molar-refractivity contribution in [2.75, 3.05) is 10.5 Å². The number of aromatic nitrogens is 1. The van der Waals surface area contributed by atoms with Crippen molar-refractivity contribution in [3.8, 4) is 0 Å². The van der Waals surface area contributed by atoms with Crippen molar-refractivity contribution >= 4 is 37.5 Å². The molecule has 19 heavy (non-hydrogen) atoms. The molecule has 2 rings (SSSR count). The highest BCUT2D eigenvalue weighted by Gasteiger charge is 2.23. The smallest absolute Gasteiger partial charge is 0.266 e. The molecule has 0 atom stereocenters. The molecule has 0 aliphatic carbocycles. The maximum atomic E-state index is 13.8. The van der Waals surface area contributed by atoms with E-state index in [4.69, 9.17) is 10.3 Å². The van der Waals surface area contributed by atoms with Gasteiger partial charge >= 0.3 is 0 Å². The molecule has 1 aromatic heterocycles. The van der Waals surface area contributed by atoms with Crippen LogP contribution in [-0.4, -0.2) is 13.6 Å². The van der Waals surface area contributed by atoms with Crippen LogP contribution in [0, 0.1) is 12.7 Å². The summed E-state index contributed by atoms with van der Waals surface area (Å²) in [5, 5.41) is 3.47. The van der Waals surface area contributed by atoms with Gasteiger partial charge in [-0.15, -0.1) is 0 Å². The van der Waals surface area contributed by atoms with Crippen molar-refractivity contribution in [3.63, 3.8) is 0 Å². The van der Waals surface area contributed by atoms with Gasteiger partial charge in [0, 0.05) is 11.8 Å². The van der Waals surface area contributed by atoms with Gasteiger partial charge in [-0.25, -0.2) is 12.8 Å². The Balaban J connectivity index is 2.45. The molecule has 0 aliphatic rings. The molecule has 0 spiro atoms. The lowest BCUT2D eigenvalue weighted by Gasteiger charge is -2.08. The number of nitrogen functional groups attached to an aromatic ring is 1. The zero-order valence-corrected chi connectivity index (χ0v) is 12.0. The number of nitrogens with zero attached hydrogens (tertiary/aromatic N) is 1. The first kappa shape index (κ1) is 13.8. The zero-order chi connectivity index (χ0) is 14.2. The number of hydrogen-bond acceptors (Lipinski definition) is 5. The monoisotopic (exact) mass is 349 g/mol. The Labute approximate surface area is 117 Å². The molecule has 1 aromatic carbocycles. The fraction of sp³-hybridized carbons (Fsp3) is 0.100. The highest BCUT2D eigenvalue weighted by Crippen LogP contribution is 2.27. The van der Waals surface area contributed by atoms with Gasteiger partial charge in [0.05, 0.1) is 4.47 Å². The Bertz CT molecular complexity index is 730. The van der Waals surface area contributed by atoms with E-state index >= 15 is 0 Å². The molecular weight excluding hydrogens is 341 g/mol. The SMILES string of the molecule is Cc1cc(NS(=O)(=O)c2cc(N)cc(Br)c2F)no1. The largest absolute Gasteiger partial charge is 0.399 e. The number of rotatable bonds is 3. The number of aryl methyl sites for hydroxylation is 1. The highest BCUT2D eigenvalue weighted by molar-refractivity contribution is 9.10. The van der Waals surface area contributed by atoms with Crippen molar-refractivity contribution < 1.29 is 17.3 Å². The van der Waals surface area contributed by atoms with Crippen LogP contribution < -0.4 is 10.5 Å². The van der Waals surface area contributed by atoms with E-state index in [1.54, 1.807) is 6.92 Å². The molecule has 0 radical (unpaired) electrons. The minimum absolute atomic E-state index is 0.0320. The average Bonchev–Trinajstić information content (AvgIpc) is 2.68. The molecule has 0 bridgehead atoms. The number of halogens is 2. The summed E-state index contributed by atoms with van der Waals surface area (Å²) in [7, 11) is -4.13. The van der Waals surface area contributed by atoms with Crippen LogP contribution in [0.4, 0.5) is 15.9 Å². The van der Waals surface area contributed by atoms with Gasteiger partial charge in [0.2, 0.25) is 0 Å². The lowest BCUT2D eigenvalue weighted by atomic mass is 10.3. The average molecular weight is 350 g/mol. The fourth-order valence-electron chi connectivity index (χ4n) is 1.39. The van der Waals surface area contributed by atoms with Crippen LogP contribution >= 0.6 is 15.9 Å². The second-order valence-corrected chi connectivity index (χ2v) is 6.25. The molecule has 0 aliphatic heterocycles. The lowest BCUT2D eigenvalue weighted by molar-refractivity contribution is 0.400. The third kappa shape index (κ3) is 2.87. The van der Waals surface area contributed by atoms with Crippen LogP contribution in [0.25, 0.3) is 0 Å². The van der Waals surface area contributed by atoms with Gasteiger partial charge in [0.25, 0.3) is 10.0 Å². The summed E-state index contributed by atoms with van der Waals surface area (Å²) in [6, 6.07) is 3.67. The predicted octanol–water partition coefficient (Wildman–Crippen LogP) is 2.27. The van der Waals surface area contributed by atoms with E-state index in [-0.39, 0.29) is 16.0 Å². The van der Waals surface area contributed by atoms with E-state index in [1.807, 2.05) is 0 Å². The summed E-state index contributed by atoms with van der Waals surface area (Å²) in [4.78, 5) is -0.569. The third-order valence-electron chi connectivity index (χ3n) is 2.17. The van der Waals surface area contributed by atoms with Crippen LogP contribution in [-0.2, 0) is 10.0 Å². The summed E-state index contributed by atoms with van der Waals surface area (Å²) < 4.78 is 44.7. The molecule has 0 saturated carbocycles. The third-order valence-corrected chi connectivity index (χ3v) is 4.10. The zero-order valence-electron chi connectivity index (χ0n) is 9.65. The van der Waals surface area contributed by atoms with E-state index in [0.717, 1.165) is 6.07 Å². The fourth-order valence-corrected chi connectivity index (χ4v) is 3.11. The molecule has 9 heteroatoms. The number of hydrogen-bond donors (Lipinski definition) is 2. The van der Waals surface area contributed by atoms with E-state index in [2.05, 4.69) is 25.8 Å². The highest BCUT2D eigenvalue weighted by atomic mass is 79.9. The van der Waals surface area contributed by atoms with E-state index in [0.29, 0.717) is 5.76 Å². The number of nitrogens with two attached hydrogens (primary N) is 1. The van der Waals surface area contributed by atoms with Crippen LogP contribution in [0.2, 0.25) is 0 Å². The van der Waals surface area contributed by atoms with Crippen molar-refractivity contribution in [3.05, 3.63) is 34.2 Å². The van der Waals surface area contributed by atoms with Gasteiger partial charge in [-0.1, -0.05) is 5.16 Å². The van der Waals surface area contributed by atoms with Crippen molar-refractivity contribution in [2.24, 2.45) is 0 Å².